The van der Waals surface area contributed by atoms with Crippen LogP contribution in [0.2, 0.25) is 0 Å². The van der Waals surface area contributed by atoms with E-state index in [0.29, 0.717) is 24.4 Å². The smallest absolute Gasteiger partial charge is 0.273 e. The molecule has 0 aliphatic carbocycles. The normalized spacial score (nSPS) is 26.9. The summed E-state index contributed by atoms with van der Waals surface area (Å²) in [6.45, 7) is 2.96. The first-order valence-corrected chi connectivity index (χ1v) is 9.08. The molecule has 2 N–H and O–H groups in total. The molecule has 0 saturated carbocycles. The minimum atomic E-state index is -3.49. The van der Waals surface area contributed by atoms with E-state index in [0.717, 1.165) is 6.42 Å². The first-order chi connectivity index (χ1) is 10.1. The zero-order chi connectivity index (χ0) is 14.9. The molecule has 2 atom stereocenters. The molecule has 3 heterocycles. The van der Waals surface area contributed by atoms with Gasteiger partial charge in [-0.05, 0) is 45.0 Å². The Morgan fingerprint density at radius 3 is 2.95 bits per heavy atom. The van der Waals surface area contributed by atoms with Gasteiger partial charge in [0, 0.05) is 18.6 Å². The van der Waals surface area contributed by atoms with E-state index in [9.17, 15) is 8.42 Å². The van der Waals surface area contributed by atoms with Gasteiger partial charge in [0.25, 0.3) is 10.0 Å². The molecular weight excluding hydrogens is 290 g/mol. The van der Waals surface area contributed by atoms with E-state index < -0.39 is 10.0 Å². The molecular formula is C14H23N3O3S. The largest absolute Gasteiger partial charge is 0.447 e. The van der Waals surface area contributed by atoms with Crippen molar-refractivity contribution in [3.63, 3.8) is 0 Å². The van der Waals surface area contributed by atoms with Gasteiger partial charge in [-0.1, -0.05) is 6.42 Å². The third-order valence-electron chi connectivity index (χ3n) is 4.57. The highest BCUT2D eigenvalue weighted by molar-refractivity contribution is 7.89. The maximum Gasteiger partial charge on any atom is 0.273 e. The molecule has 0 bridgehead atoms. The molecule has 118 valence electrons. The van der Waals surface area contributed by atoms with Gasteiger partial charge in [-0.3, -0.25) is 4.90 Å². The first kappa shape index (κ1) is 15.0. The second kappa shape index (κ2) is 6.08. The van der Waals surface area contributed by atoms with Gasteiger partial charge in [-0.2, -0.15) is 0 Å². The number of rotatable bonds is 5. The molecule has 0 aromatic carbocycles. The molecule has 0 radical (unpaired) electrons. The lowest BCUT2D eigenvalue weighted by Gasteiger charge is -2.32. The Morgan fingerprint density at radius 1 is 1.29 bits per heavy atom. The van der Waals surface area contributed by atoms with E-state index in [2.05, 4.69) is 14.9 Å². The van der Waals surface area contributed by atoms with Crippen molar-refractivity contribution >= 4 is 10.0 Å². The number of sulfonamides is 1. The van der Waals surface area contributed by atoms with Gasteiger partial charge in [0.15, 0.2) is 0 Å². The highest BCUT2D eigenvalue weighted by Gasteiger charge is 2.35. The lowest BCUT2D eigenvalue weighted by Crippen LogP contribution is -2.44. The van der Waals surface area contributed by atoms with Gasteiger partial charge in [0.1, 0.15) is 5.76 Å². The van der Waals surface area contributed by atoms with Gasteiger partial charge in [0.05, 0.1) is 6.54 Å². The molecule has 2 unspecified atom stereocenters. The zero-order valence-electron chi connectivity index (χ0n) is 12.3. The molecule has 2 aliphatic rings. The Labute approximate surface area is 125 Å². The van der Waals surface area contributed by atoms with Crippen molar-refractivity contribution in [3.05, 3.63) is 17.9 Å². The Bertz CT molecular complexity index is 584. The van der Waals surface area contributed by atoms with Crippen LogP contribution in [0.3, 0.4) is 0 Å². The summed E-state index contributed by atoms with van der Waals surface area (Å²) < 4.78 is 30.9. The lowest BCUT2D eigenvalue weighted by molar-refractivity contribution is 0.179. The Kier molecular flexibility index (Phi) is 4.35. The quantitative estimate of drug-likeness (QED) is 0.845. The summed E-state index contributed by atoms with van der Waals surface area (Å²) in [5, 5.41) is 3.51. The number of nitrogens with one attached hydrogen (secondary N) is 2. The number of hydrogen-bond acceptors (Lipinski definition) is 5. The zero-order valence-corrected chi connectivity index (χ0v) is 13.2. The summed E-state index contributed by atoms with van der Waals surface area (Å²) in [4.78, 5) is 2.57. The maximum atomic E-state index is 11.6. The first-order valence-electron chi connectivity index (χ1n) is 7.60. The van der Waals surface area contributed by atoms with Gasteiger partial charge in [0.2, 0.25) is 5.09 Å². The second-order valence-corrected chi connectivity index (χ2v) is 7.62. The molecule has 2 fully saturated rings. The molecule has 0 amide bonds. The van der Waals surface area contributed by atoms with Gasteiger partial charge < -0.3 is 9.73 Å². The van der Waals surface area contributed by atoms with Crippen LogP contribution in [0.1, 0.15) is 31.4 Å². The average Bonchev–Trinajstić information content (AvgIpc) is 3.12. The number of furan rings is 1. The molecule has 21 heavy (non-hydrogen) atoms. The number of hydrogen-bond donors (Lipinski definition) is 2. The predicted molar refractivity (Wildman–Crippen MR) is 79.4 cm³/mol. The fourth-order valence-corrected chi connectivity index (χ4v) is 4.08. The van der Waals surface area contributed by atoms with Crippen molar-refractivity contribution in [1.82, 2.24) is 14.9 Å². The maximum absolute atomic E-state index is 11.6. The van der Waals surface area contributed by atoms with Crippen molar-refractivity contribution in [2.45, 2.75) is 49.4 Å². The van der Waals surface area contributed by atoms with Crippen LogP contribution in [0.4, 0.5) is 0 Å². The van der Waals surface area contributed by atoms with E-state index in [1.807, 2.05) is 0 Å². The highest BCUT2D eigenvalue weighted by Crippen LogP contribution is 2.27. The van der Waals surface area contributed by atoms with Crippen LogP contribution >= 0.6 is 0 Å². The molecule has 2 saturated heterocycles. The van der Waals surface area contributed by atoms with E-state index >= 15 is 0 Å². The van der Waals surface area contributed by atoms with Crippen LogP contribution in [0.15, 0.2) is 21.6 Å². The van der Waals surface area contributed by atoms with Gasteiger partial charge >= 0.3 is 0 Å². The van der Waals surface area contributed by atoms with Crippen LogP contribution < -0.4 is 10.0 Å². The topological polar surface area (TPSA) is 74.6 Å². The summed E-state index contributed by atoms with van der Waals surface area (Å²) in [6, 6.07) is 4.35. The van der Waals surface area contributed by atoms with Gasteiger partial charge in [-0.15, -0.1) is 0 Å². The van der Waals surface area contributed by atoms with E-state index in [1.165, 1.54) is 45.5 Å². The van der Waals surface area contributed by atoms with Crippen molar-refractivity contribution < 1.29 is 12.8 Å². The Morgan fingerprint density at radius 2 is 2.14 bits per heavy atom. The third kappa shape index (κ3) is 3.15. The number of piperidine rings is 1. The summed E-state index contributed by atoms with van der Waals surface area (Å²) >= 11 is 0. The molecule has 2 aliphatic heterocycles. The van der Waals surface area contributed by atoms with Crippen LogP contribution in [-0.2, 0) is 16.6 Å². The third-order valence-corrected chi connectivity index (χ3v) is 5.85. The molecule has 7 heteroatoms. The van der Waals surface area contributed by atoms with Crippen LogP contribution in [0.5, 0.6) is 0 Å². The number of nitrogens with zero attached hydrogens (tertiary/aromatic N) is 1. The van der Waals surface area contributed by atoms with Crippen molar-refractivity contribution in [3.8, 4) is 0 Å². The lowest BCUT2D eigenvalue weighted by atomic mass is 9.99. The fraction of sp³-hybridized carbons (Fsp3) is 0.714. The molecule has 0 spiro atoms. The van der Waals surface area contributed by atoms with Crippen LogP contribution in [0, 0.1) is 0 Å². The van der Waals surface area contributed by atoms with Crippen LogP contribution in [0.25, 0.3) is 0 Å². The van der Waals surface area contributed by atoms with E-state index in [1.54, 1.807) is 6.07 Å². The minimum absolute atomic E-state index is 0.0208. The average molecular weight is 313 g/mol. The van der Waals surface area contributed by atoms with Crippen molar-refractivity contribution in [1.29, 1.82) is 0 Å². The SMILES string of the molecule is CNS(=O)(=O)c1ccc(CNC2CCN3CCCCC23)o1. The molecule has 1 aromatic rings. The van der Waals surface area contributed by atoms with E-state index in [-0.39, 0.29) is 5.09 Å². The molecule has 6 nitrogen and oxygen atoms in total. The van der Waals surface area contributed by atoms with Crippen molar-refractivity contribution in [2.24, 2.45) is 0 Å². The minimum Gasteiger partial charge on any atom is -0.447 e. The predicted octanol–water partition coefficient (Wildman–Crippen LogP) is 0.904. The second-order valence-electron chi connectivity index (χ2n) is 5.80. The summed E-state index contributed by atoms with van der Waals surface area (Å²) in [6.07, 6.45) is 5.04. The monoisotopic (exact) mass is 313 g/mol. The highest BCUT2D eigenvalue weighted by atomic mass is 32.2. The van der Waals surface area contributed by atoms with E-state index in [4.69, 9.17) is 4.42 Å². The number of fused-ring (bicyclic) bond motifs is 1. The Balaban J connectivity index is 1.58. The standard InChI is InChI=1S/C14H23N3O3S/c1-15-21(18,19)14-6-5-11(20-14)10-16-12-7-9-17-8-3-2-4-13(12)17/h5-6,12-13,15-16H,2-4,7-10H2,1H3. The fourth-order valence-electron chi connectivity index (χ4n) is 3.42. The molecule has 3 rings (SSSR count). The summed E-state index contributed by atoms with van der Waals surface area (Å²) in [7, 11) is -2.11. The van der Waals surface area contributed by atoms with Gasteiger partial charge in [-0.25, -0.2) is 13.1 Å². The summed E-state index contributed by atoms with van der Waals surface area (Å²) in [5.41, 5.74) is 0. The molecule has 1 aromatic heterocycles. The van der Waals surface area contributed by atoms with Crippen molar-refractivity contribution in [2.75, 3.05) is 20.1 Å². The summed E-state index contributed by atoms with van der Waals surface area (Å²) in [5.74, 6) is 0.665. The Hall–Kier alpha value is -0.890. The van der Waals surface area contributed by atoms with Crippen LogP contribution in [-0.4, -0.2) is 45.5 Å².